The molecular formula is C29H41N3O3. The molecule has 2 aromatic carbocycles. The predicted molar refractivity (Wildman–Crippen MR) is 142 cm³/mol. The van der Waals surface area contributed by atoms with Crippen LogP contribution in [0.2, 0.25) is 0 Å². The molecule has 0 aliphatic rings. The van der Waals surface area contributed by atoms with E-state index >= 15 is 0 Å². The Bertz CT molecular complexity index is 1020. The third-order valence-electron chi connectivity index (χ3n) is 5.80. The van der Waals surface area contributed by atoms with Gasteiger partial charge in [-0.3, -0.25) is 4.90 Å². The van der Waals surface area contributed by atoms with E-state index in [0.29, 0.717) is 32.2 Å². The Kier molecular flexibility index (Phi) is 10.3. The van der Waals surface area contributed by atoms with E-state index in [-0.39, 0.29) is 0 Å². The summed E-state index contributed by atoms with van der Waals surface area (Å²) in [6.45, 7) is 11.6. The second kappa shape index (κ2) is 13.4. The Morgan fingerprint density at radius 2 is 1.74 bits per heavy atom. The first-order valence-electron chi connectivity index (χ1n) is 12.7. The van der Waals surface area contributed by atoms with Crippen molar-refractivity contribution >= 4 is 0 Å². The molecule has 0 saturated heterocycles. The summed E-state index contributed by atoms with van der Waals surface area (Å²) < 4.78 is 13.9. The van der Waals surface area contributed by atoms with Crippen LogP contribution in [0.15, 0.2) is 54.6 Å². The maximum Gasteiger partial charge on any atom is 0.222 e. The number of rotatable bonds is 14. The summed E-state index contributed by atoms with van der Waals surface area (Å²) in [5.41, 5.74) is 4.15. The molecule has 3 rings (SSSR count). The van der Waals surface area contributed by atoms with Gasteiger partial charge in [0.1, 0.15) is 11.4 Å². The lowest BCUT2D eigenvalue weighted by Gasteiger charge is -2.27. The molecule has 0 unspecified atom stereocenters. The number of aliphatic hydroxyl groups is 1. The van der Waals surface area contributed by atoms with Crippen molar-refractivity contribution in [3.8, 4) is 22.9 Å². The Labute approximate surface area is 210 Å². The largest absolute Gasteiger partial charge is 0.439 e. The van der Waals surface area contributed by atoms with Gasteiger partial charge in [-0.05, 0) is 31.4 Å². The van der Waals surface area contributed by atoms with Gasteiger partial charge < -0.3 is 14.6 Å². The van der Waals surface area contributed by atoms with Crippen molar-refractivity contribution in [2.45, 2.75) is 53.2 Å². The number of benzene rings is 2. The monoisotopic (exact) mass is 479 g/mol. The first kappa shape index (κ1) is 26.9. The van der Waals surface area contributed by atoms with Crippen LogP contribution in [0.1, 0.15) is 44.7 Å². The molecule has 0 radical (unpaired) electrons. The van der Waals surface area contributed by atoms with Crippen LogP contribution in [-0.2, 0) is 18.3 Å². The summed E-state index contributed by atoms with van der Waals surface area (Å²) in [6, 6.07) is 18.3. The first-order valence-corrected chi connectivity index (χ1v) is 12.7. The van der Waals surface area contributed by atoms with E-state index < -0.39 is 6.10 Å². The topological polar surface area (TPSA) is 59.8 Å². The van der Waals surface area contributed by atoms with E-state index in [9.17, 15) is 5.11 Å². The van der Waals surface area contributed by atoms with E-state index in [0.717, 1.165) is 47.8 Å². The summed E-state index contributed by atoms with van der Waals surface area (Å²) in [6.07, 6.45) is 1.55. The van der Waals surface area contributed by atoms with Crippen LogP contribution in [-0.4, -0.2) is 52.2 Å². The minimum atomic E-state index is -0.552. The molecule has 35 heavy (non-hydrogen) atoms. The Balaban J connectivity index is 1.89. The normalized spacial score (nSPS) is 12.5. The first-order chi connectivity index (χ1) is 16.9. The van der Waals surface area contributed by atoms with Gasteiger partial charge in [0.05, 0.1) is 18.3 Å². The molecule has 6 heteroatoms. The van der Waals surface area contributed by atoms with Gasteiger partial charge in [0.25, 0.3) is 0 Å². The quantitative estimate of drug-likeness (QED) is 0.295. The van der Waals surface area contributed by atoms with Gasteiger partial charge in [-0.15, -0.1) is 0 Å². The molecule has 0 aliphatic carbocycles. The highest BCUT2D eigenvalue weighted by atomic mass is 16.5. The van der Waals surface area contributed by atoms with Gasteiger partial charge in [-0.2, -0.15) is 5.10 Å². The van der Waals surface area contributed by atoms with E-state index in [2.05, 4.69) is 44.7 Å². The zero-order chi connectivity index (χ0) is 25.2. The molecule has 1 aromatic heterocycles. The van der Waals surface area contributed by atoms with Crippen LogP contribution in [0.4, 0.5) is 0 Å². The summed E-state index contributed by atoms with van der Waals surface area (Å²) in [5.74, 6) is 1.94. The molecule has 1 atom stereocenters. The van der Waals surface area contributed by atoms with Crippen molar-refractivity contribution in [2.24, 2.45) is 13.0 Å². The van der Waals surface area contributed by atoms with Crippen LogP contribution >= 0.6 is 0 Å². The van der Waals surface area contributed by atoms with Gasteiger partial charge in [-0.25, -0.2) is 4.68 Å². The third kappa shape index (κ3) is 8.20. The molecule has 0 bridgehead atoms. The lowest BCUT2D eigenvalue weighted by atomic mass is 10.1. The third-order valence-corrected chi connectivity index (χ3v) is 5.80. The average Bonchev–Trinajstić information content (AvgIpc) is 3.13. The minimum Gasteiger partial charge on any atom is -0.439 e. The second-order valence-corrected chi connectivity index (χ2v) is 9.71. The number of hydrogen-bond acceptors (Lipinski definition) is 5. The summed E-state index contributed by atoms with van der Waals surface area (Å²) in [4.78, 5) is 2.28. The predicted octanol–water partition coefficient (Wildman–Crippen LogP) is 5.82. The van der Waals surface area contributed by atoms with Gasteiger partial charge in [0.15, 0.2) is 0 Å². The number of ether oxygens (including phenoxy) is 2. The fourth-order valence-electron chi connectivity index (χ4n) is 4.13. The molecular weight excluding hydrogens is 438 g/mol. The van der Waals surface area contributed by atoms with Crippen LogP contribution in [0, 0.1) is 12.8 Å². The summed E-state index contributed by atoms with van der Waals surface area (Å²) >= 11 is 0. The van der Waals surface area contributed by atoms with Gasteiger partial charge >= 0.3 is 0 Å². The molecule has 0 aliphatic heterocycles. The van der Waals surface area contributed by atoms with E-state index in [1.165, 1.54) is 5.56 Å². The fraction of sp³-hybridized carbons (Fsp3) is 0.483. The molecule has 0 fully saturated rings. The van der Waals surface area contributed by atoms with Crippen LogP contribution in [0.25, 0.3) is 11.3 Å². The Morgan fingerprint density at radius 3 is 2.40 bits per heavy atom. The van der Waals surface area contributed by atoms with Crippen molar-refractivity contribution in [2.75, 3.05) is 26.3 Å². The van der Waals surface area contributed by atoms with Gasteiger partial charge in [-0.1, -0.05) is 75.2 Å². The van der Waals surface area contributed by atoms with Crippen molar-refractivity contribution in [1.82, 2.24) is 14.7 Å². The highest BCUT2D eigenvalue weighted by molar-refractivity contribution is 5.65. The molecule has 1 N–H and O–H groups in total. The SMILES string of the molecule is CCCCOC[C@H](O)CN(Cc1c(-c2ccccc2)nn(C)c1Oc1ccc(C)cc1)CC(C)C. The summed E-state index contributed by atoms with van der Waals surface area (Å²) in [5, 5.41) is 15.6. The number of nitrogens with zero attached hydrogens (tertiary/aromatic N) is 3. The highest BCUT2D eigenvalue weighted by Gasteiger charge is 2.24. The van der Waals surface area contributed by atoms with Crippen molar-refractivity contribution in [3.63, 3.8) is 0 Å². The standard InChI is InChI=1S/C29H41N3O3/c1-6-7-17-34-21-25(33)19-32(18-22(2)3)20-27-28(24-11-9-8-10-12-24)30-31(5)29(27)35-26-15-13-23(4)14-16-26/h8-16,22,25,33H,6-7,17-21H2,1-5H3/t25-/m1/s1. The fourth-order valence-corrected chi connectivity index (χ4v) is 4.13. The average molecular weight is 480 g/mol. The molecule has 6 nitrogen and oxygen atoms in total. The molecule has 0 spiro atoms. The highest BCUT2D eigenvalue weighted by Crippen LogP contribution is 2.34. The maximum absolute atomic E-state index is 10.7. The Morgan fingerprint density at radius 1 is 1.03 bits per heavy atom. The van der Waals surface area contributed by atoms with Crippen molar-refractivity contribution in [3.05, 3.63) is 65.7 Å². The number of aliphatic hydroxyl groups excluding tert-OH is 1. The van der Waals surface area contributed by atoms with Crippen LogP contribution in [0.3, 0.4) is 0 Å². The molecule has 1 heterocycles. The van der Waals surface area contributed by atoms with E-state index in [1.54, 1.807) is 0 Å². The molecule has 0 saturated carbocycles. The molecule has 0 amide bonds. The number of unbranched alkanes of at least 4 members (excludes halogenated alkanes) is 1. The number of aryl methyl sites for hydroxylation is 2. The second-order valence-electron chi connectivity index (χ2n) is 9.71. The van der Waals surface area contributed by atoms with Gasteiger partial charge in [0, 0.05) is 38.9 Å². The van der Waals surface area contributed by atoms with E-state index in [1.807, 2.05) is 54.2 Å². The van der Waals surface area contributed by atoms with Crippen LogP contribution < -0.4 is 4.74 Å². The zero-order valence-electron chi connectivity index (χ0n) is 21.9. The van der Waals surface area contributed by atoms with Gasteiger partial charge in [0.2, 0.25) is 5.88 Å². The lowest BCUT2D eigenvalue weighted by Crippen LogP contribution is -2.37. The summed E-state index contributed by atoms with van der Waals surface area (Å²) in [7, 11) is 1.92. The number of hydrogen-bond donors (Lipinski definition) is 1. The molecule has 190 valence electrons. The lowest BCUT2D eigenvalue weighted by molar-refractivity contribution is 0.0124. The van der Waals surface area contributed by atoms with E-state index in [4.69, 9.17) is 14.6 Å². The Hall–Kier alpha value is -2.67. The van der Waals surface area contributed by atoms with Crippen molar-refractivity contribution < 1.29 is 14.6 Å². The van der Waals surface area contributed by atoms with Crippen LogP contribution in [0.5, 0.6) is 11.6 Å². The molecule has 3 aromatic rings. The minimum absolute atomic E-state index is 0.347. The maximum atomic E-state index is 10.7. The number of aromatic nitrogens is 2. The smallest absolute Gasteiger partial charge is 0.222 e. The zero-order valence-corrected chi connectivity index (χ0v) is 21.9. The van der Waals surface area contributed by atoms with Crippen molar-refractivity contribution in [1.29, 1.82) is 0 Å².